The van der Waals surface area contributed by atoms with Crippen molar-refractivity contribution in [3.05, 3.63) is 0 Å². The standard InChI is InChI=1S/2FH2NO2S.K.H/c2*1-5(2,3)4;;/h2*(H2,2,3,4);;. The van der Waals surface area contributed by atoms with E-state index in [-0.39, 0.29) is 51.4 Å². The van der Waals surface area contributed by atoms with Gasteiger partial charge in [0.25, 0.3) is 0 Å². The van der Waals surface area contributed by atoms with Crippen molar-refractivity contribution in [2.24, 2.45) is 10.3 Å². The molecule has 0 unspecified atom stereocenters. The normalized spacial score (nSPS) is 10.5. The van der Waals surface area contributed by atoms with Gasteiger partial charge in [-0.15, -0.1) is 0 Å². The summed E-state index contributed by atoms with van der Waals surface area (Å²) in [6.07, 6.45) is 0. The van der Waals surface area contributed by atoms with Crippen molar-refractivity contribution in [1.29, 1.82) is 0 Å². The van der Waals surface area contributed by atoms with Gasteiger partial charge in [-0.3, -0.25) is 0 Å². The number of nitrogens with two attached hydrogens (primary N) is 2. The predicted molar refractivity (Wildman–Crippen MR) is 35.6 cm³/mol. The summed E-state index contributed by atoms with van der Waals surface area (Å²) in [5.41, 5.74) is 0. The van der Waals surface area contributed by atoms with E-state index < -0.39 is 20.8 Å². The summed E-state index contributed by atoms with van der Waals surface area (Å²) in [7, 11) is -9.33. The molecule has 0 rings (SSSR count). The van der Waals surface area contributed by atoms with E-state index in [1.165, 1.54) is 0 Å². The number of hydrogen-bond donors (Lipinski definition) is 2. The van der Waals surface area contributed by atoms with Crippen LogP contribution in [0.15, 0.2) is 0 Å². The molecule has 66 valence electrons. The SMILES string of the molecule is NS(=O)(=O)F.NS(=O)(=O)F.[KH]. The Morgan fingerprint density at radius 2 is 0.818 bits per heavy atom. The molecule has 0 saturated carbocycles. The molecule has 0 aromatic carbocycles. The maximum absolute atomic E-state index is 10.4. The van der Waals surface area contributed by atoms with E-state index in [0.29, 0.717) is 0 Å². The Balaban J connectivity index is -0.000000107. The van der Waals surface area contributed by atoms with Gasteiger partial charge in [-0.05, 0) is 0 Å². The third-order valence-corrected chi connectivity index (χ3v) is 0. The molecule has 0 aromatic heterocycles. The fourth-order valence-electron chi connectivity index (χ4n) is 0. The number of halogens is 2. The van der Waals surface area contributed by atoms with E-state index in [2.05, 4.69) is 10.3 Å². The third-order valence-electron chi connectivity index (χ3n) is 0. The Labute approximate surface area is 105 Å². The van der Waals surface area contributed by atoms with Crippen LogP contribution in [0.1, 0.15) is 0 Å². The molecule has 0 aliphatic carbocycles. The number of hydrogen-bond acceptors (Lipinski definition) is 4. The van der Waals surface area contributed by atoms with Crippen LogP contribution in [0.2, 0.25) is 0 Å². The topological polar surface area (TPSA) is 120 Å². The van der Waals surface area contributed by atoms with Crippen LogP contribution in [0.4, 0.5) is 7.77 Å². The Hall–Kier alpha value is 1.32. The van der Waals surface area contributed by atoms with Crippen LogP contribution in [0.3, 0.4) is 0 Å². The van der Waals surface area contributed by atoms with Gasteiger partial charge in [0.05, 0.1) is 0 Å². The molecule has 4 N–H and O–H groups in total. The minimum atomic E-state index is -4.67. The van der Waals surface area contributed by atoms with E-state index in [1.54, 1.807) is 0 Å². The summed E-state index contributed by atoms with van der Waals surface area (Å²) in [5, 5.41) is 7.32. The third kappa shape index (κ3) is 567. The molecule has 0 aliphatic rings. The van der Waals surface area contributed by atoms with Gasteiger partial charge in [-0.1, -0.05) is 7.77 Å². The van der Waals surface area contributed by atoms with Gasteiger partial charge in [0.15, 0.2) is 0 Å². The zero-order valence-corrected chi connectivity index (χ0v) is 5.99. The van der Waals surface area contributed by atoms with Crippen molar-refractivity contribution in [2.75, 3.05) is 0 Å². The van der Waals surface area contributed by atoms with Crippen LogP contribution < -0.4 is 10.3 Å². The first kappa shape index (κ1) is 18.2. The van der Waals surface area contributed by atoms with Crippen LogP contribution in [-0.4, -0.2) is 68.2 Å². The van der Waals surface area contributed by atoms with Gasteiger partial charge < -0.3 is 0 Å². The first-order valence-corrected chi connectivity index (χ1v) is 4.34. The molecular formula is H5F2KN2O4S2. The van der Waals surface area contributed by atoms with Gasteiger partial charge in [-0.25, -0.2) is 10.3 Å². The van der Waals surface area contributed by atoms with Crippen molar-refractivity contribution < 1.29 is 24.6 Å². The van der Waals surface area contributed by atoms with Crippen molar-refractivity contribution in [2.45, 2.75) is 0 Å². The fourth-order valence-corrected chi connectivity index (χ4v) is 0. The Morgan fingerprint density at radius 1 is 0.818 bits per heavy atom. The molecule has 0 atom stereocenters. The second-order valence-corrected chi connectivity index (χ2v) is 2.85. The monoisotopic (exact) mass is 238 g/mol. The average Bonchev–Trinajstić information content (AvgIpc) is 1.12. The van der Waals surface area contributed by atoms with Gasteiger partial charge in [0, 0.05) is 0 Å². The summed E-state index contributed by atoms with van der Waals surface area (Å²) in [6, 6.07) is 0. The Morgan fingerprint density at radius 3 is 0.818 bits per heavy atom. The summed E-state index contributed by atoms with van der Waals surface area (Å²) >= 11 is 0. The molecule has 0 heterocycles. The van der Waals surface area contributed by atoms with Crippen LogP contribution in [0, 0.1) is 0 Å². The predicted octanol–water partition coefficient (Wildman–Crippen LogP) is -2.33. The van der Waals surface area contributed by atoms with Gasteiger partial charge in [0.1, 0.15) is 0 Å². The minimum absolute atomic E-state index is 0. The van der Waals surface area contributed by atoms with E-state index in [9.17, 15) is 7.77 Å². The quantitative estimate of drug-likeness (QED) is 0.363. The van der Waals surface area contributed by atoms with Crippen molar-refractivity contribution in [1.82, 2.24) is 0 Å². The molecule has 0 fully saturated rings. The van der Waals surface area contributed by atoms with E-state index in [0.717, 1.165) is 0 Å². The first-order valence-electron chi connectivity index (χ1n) is 1.45. The van der Waals surface area contributed by atoms with Gasteiger partial charge in [-0.2, -0.15) is 16.8 Å². The molecule has 6 nitrogen and oxygen atoms in total. The first-order chi connectivity index (χ1) is 4.00. The second-order valence-electron chi connectivity index (χ2n) is 0.951. The zero-order chi connectivity index (χ0) is 9.00. The van der Waals surface area contributed by atoms with Gasteiger partial charge >= 0.3 is 72.2 Å². The van der Waals surface area contributed by atoms with E-state index >= 15 is 0 Å². The molecule has 0 amide bonds. The van der Waals surface area contributed by atoms with E-state index in [4.69, 9.17) is 16.8 Å². The zero-order valence-electron chi connectivity index (χ0n) is 4.36. The van der Waals surface area contributed by atoms with Crippen LogP contribution in [0.5, 0.6) is 0 Å². The molecule has 11 heteroatoms. The molecule has 0 saturated heterocycles. The van der Waals surface area contributed by atoms with Gasteiger partial charge in [0.2, 0.25) is 0 Å². The maximum atomic E-state index is 10.4. The molecule has 0 aromatic rings. The molecular weight excluding hydrogens is 233 g/mol. The molecule has 0 bridgehead atoms. The summed E-state index contributed by atoms with van der Waals surface area (Å²) in [5.74, 6) is 0. The number of rotatable bonds is 0. The van der Waals surface area contributed by atoms with Crippen LogP contribution in [-0.2, 0) is 20.8 Å². The second kappa shape index (κ2) is 6.79. The summed E-state index contributed by atoms with van der Waals surface area (Å²) < 4.78 is 55.8. The molecule has 11 heavy (non-hydrogen) atoms. The fraction of sp³-hybridized carbons (Fsp3) is 0. The van der Waals surface area contributed by atoms with Crippen molar-refractivity contribution in [3.63, 3.8) is 0 Å². The molecule has 0 radical (unpaired) electrons. The summed E-state index contributed by atoms with van der Waals surface area (Å²) in [4.78, 5) is 0. The van der Waals surface area contributed by atoms with Crippen LogP contribution in [0.25, 0.3) is 0 Å². The molecule has 0 spiro atoms. The van der Waals surface area contributed by atoms with Crippen molar-refractivity contribution >= 4 is 72.2 Å². The summed E-state index contributed by atoms with van der Waals surface area (Å²) in [6.45, 7) is 0. The Kier molecular flexibility index (Phi) is 11.2. The average molecular weight is 238 g/mol. The molecule has 0 aliphatic heterocycles. The Bertz CT molecular complexity index is 220. The van der Waals surface area contributed by atoms with Crippen molar-refractivity contribution in [3.8, 4) is 0 Å². The van der Waals surface area contributed by atoms with Crippen LogP contribution >= 0.6 is 0 Å². The van der Waals surface area contributed by atoms with E-state index in [1.807, 2.05) is 0 Å².